The maximum atomic E-state index is 5.78. The summed E-state index contributed by atoms with van der Waals surface area (Å²) in [6.07, 6.45) is 6.43. The van der Waals surface area contributed by atoms with E-state index in [0.717, 1.165) is 23.6 Å². The average Bonchev–Trinajstić information content (AvgIpc) is 2.77. The minimum Gasteiger partial charge on any atom is -0.324 e. The van der Waals surface area contributed by atoms with E-state index in [2.05, 4.69) is 16.9 Å². The quantitative estimate of drug-likeness (QED) is 0.851. The molecule has 0 fully saturated rings. The van der Waals surface area contributed by atoms with Crippen LogP contribution in [0.2, 0.25) is 0 Å². The van der Waals surface area contributed by atoms with Crippen molar-refractivity contribution < 1.29 is 0 Å². The molecular weight excluding hydrogens is 200 g/mol. The number of nitrogens with zero attached hydrogens (tertiary/aromatic N) is 3. The van der Waals surface area contributed by atoms with Gasteiger partial charge in [-0.25, -0.2) is 9.97 Å². The molecule has 2 aromatic rings. The molecule has 0 spiro atoms. The van der Waals surface area contributed by atoms with Crippen LogP contribution in [0.5, 0.6) is 0 Å². The van der Waals surface area contributed by atoms with E-state index in [4.69, 9.17) is 5.73 Å². The first kappa shape index (κ1) is 10.8. The topological polar surface area (TPSA) is 56.7 Å². The highest BCUT2D eigenvalue weighted by molar-refractivity contribution is 5.28. The molecule has 1 atom stereocenters. The predicted molar refractivity (Wildman–Crippen MR) is 63.3 cm³/mol. The van der Waals surface area contributed by atoms with Crippen molar-refractivity contribution in [2.45, 2.75) is 26.3 Å². The van der Waals surface area contributed by atoms with Crippen LogP contribution in [0.25, 0.3) is 5.82 Å². The lowest BCUT2D eigenvalue weighted by molar-refractivity contribution is 0.803. The van der Waals surface area contributed by atoms with Crippen LogP contribution in [0.15, 0.2) is 30.7 Å². The standard InChI is InChI=1S/C12H16N4/c1-3-11-14-6-7-16(11)12-5-4-10(8-15-12)9(2)13/h4-9H,3,13H2,1-2H3/t9-/m1/s1. The lowest BCUT2D eigenvalue weighted by Crippen LogP contribution is -2.07. The van der Waals surface area contributed by atoms with Gasteiger partial charge in [0.15, 0.2) is 0 Å². The van der Waals surface area contributed by atoms with Gasteiger partial charge in [0, 0.05) is 31.1 Å². The summed E-state index contributed by atoms with van der Waals surface area (Å²) in [4.78, 5) is 8.66. The SMILES string of the molecule is CCc1nccn1-c1ccc([C@@H](C)N)cn1. The van der Waals surface area contributed by atoms with Gasteiger partial charge in [0.2, 0.25) is 0 Å². The van der Waals surface area contributed by atoms with Crippen molar-refractivity contribution in [3.8, 4) is 5.82 Å². The molecule has 0 saturated heterocycles. The van der Waals surface area contributed by atoms with E-state index >= 15 is 0 Å². The molecule has 0 aliphatic heterocycles. The van der Waals surface area contributed by atoms with E-state index in [-0.39, 0.29) is 6.04 Å². The Kier molecular flexibility index (Phi) is 3.01. The van der Waals surface area contributed by atoms with Crippen molar-refractivity contribution in [3.63, 3.8) is 0 Å². The minimum absolute atomic E-state index is 0.0231. The normalized spacial score (nSPS) is 12.7. The molecule has 16 heavy (non-hydrogen) atoms. The second kappa shape index (κ2) is 4.45. The van der Waals surface area contributed by atoms with Crippen molar-refractivity contribution in [1.29, 1.82) is 0 Å². The van der Waals surface area contributed by atoms with Gasteiger partial charge in [0.1, 0.15) is 11.6 Å². The van der Waals surface area contributed by atoms with Crippen LogP contribution in [-0.4, -0.2) is 14.5 Å². The summed E-state index contributed by atoms with van der Waals surface area (Å²) in [5.41, 5.74) is 6.82. The summed E-state index contributed by atoms with van der Waals surface area (Å²) in [6.45, 7) is 4.03. The predicted octanol–water partition coefficient (Wildman–Crippen LogP) is 1.85. The van der Waals surface area contributed by atoms with E-state index < -0.39 is 0 Å². The number of aromatic nitrogens is 3. The number of pyridine rings is 1. The van der Waals surface area contributed by atoms with Crippen molar-refractivity contribution >= 4 is 0 Å². The number of aryl methyl sites for hydroxylation is 1. The Bertz CT molecular complexity index is 456. The monoisotopic (exact) mass is 216 g/mol. The molecule has 0 radical (unpaired) electrons. The summed E-state index contributed by atoms with van der Waals surface area (Å²) >= 11 is 0. The van der Waals surface area contributed by atoms with Crippen molar-refractivity contribution in [1.82, 2.24) is 14.5 Å². The molecule has 2 N–H and O–H groups in total. The molecule has 0 amide bonds. The maximum Gasteiger partial charge on any atom is 0.137 e. The van der Waals surface area contributed by atoms with Gasteiger partial charge in [-0.2, -0.15) is 0 Å². The Balaban J connectivity index is 2.35. The van der Waals surface area contributed by atoms with Gasteiger partial charge < -0.3 is 5.73 Å². The van der Waals surface area contributed by atoms with Crippen LogP contribution in [0.3, 0.4) is 0 Å². The number of hydrogen-bond donors (Lipinski definition) is 1. The Morgan fingerprint density at radius 3 is 2.75 bits per heavy atom. The van der Waals surface area contributed by atoms with Crippen LogP contribution in [0.1, 0.15) is 31.3 Å². The molecule has 2 aromatic heterocycles. The first-order valence-corrected chi connectivity index (χ1v) is 5.46. The lowest BCUT2D eigenvalue weighted by Gasteiger charge is -2.08. The van der Waals surface area contributed by atoms with Gasteiger partial charge in [0.25, 0.3) is 0 Å². The summed E-state index contributed by atoms with van der Waals surface area (Å²) in [5, 5.41) is 0. The van der Waals surface area contributed by atoms with Gasteiger partial charge in [0.05, 0.1) is 0 Å². The van der Waals surface area contributed by atoms with Crippen LogP contribution in [0.4, 0.5) is 0 Å². The van der Waals surface area contributed by atoms with Crippen LogP contribution in [-0.2, 0) is 6.42 Å². The first-order valence-electron chi connectivity index (χ1n) is 5.46. The second-order valence-corrected chi connectivity index (χ2v) is 3.81. The van der Waals surface area contributed by atoms with Gasteiger partial charge in [-0.1, -0.05) is 13.0 Å². The highest BCUT2D eigenvalue weighted by atomic mass is 15.1. The molecule has 0 aromatic carbocycles. The summed E-state index contributed by atoms with van der Waals surface area (Å²) in [6, 6.07) is 4.00. The summed E-state index contributed by atoms with van der Waals surface area (Å²) < 4.78 is 1.99. The number of rotatable bonds is 3. The van der Waals surface area contributed by atoms with E-state index in [0.29, 0.717) is 0 Å². The number of imidazole rings is 1. The van der Waals surface area contributed by atoms with E-state index in [1.807, 2.05) is 36.0 Å². The largest absolute Gasteiger partial charge is 0.324 e. The zero-order chi connectivity index (χ0) is 11.5. The Morgan fingerprint density at radius 1 is 1.38 bits per heavy atom. The molecule has 0 bridgehead atoms. The van der Waals surface area contributed by atoms with Crippen molar-refractivity contribution in [3.05, 3.63) is 42.1 Å². The van der Waals surface area contributed by atoms with Gasteiger partial charge >= 0.3 is 0 Å². The zero-order valence-electron chi connectivity index (χ0n) is 9.59. The molecule has 2 heterocycles. The van der Waals surface area contributed by atoms with Gasteiger partial charge in [-0.05, 0) is 18.6 Å². The maximum absolute atomic E-state index is 5.78. The fraction of sp³-hybridized carbons (Fsp3) is 0.333. The van der Waals surface area contributed by atoms with Crippen LogP contribution < -0.4 is 5.73 Å². The Hall–Kier alpha value is -1.68. The fourth-order valence-corrected chi connectivity index (χ4v) is 1.61. The third-order valence-corrected chi connectivity index (χ3v) is 2.58. The van der Waals surface area contributed by atoms with E-state index in [1.165, 1.54) is 0 Å². The van der Waals surface area contributed by atoms with E-state index in [9.17, 15) is 0 Å². The fourth-order valence-electron chi connectivity index (χ4n) is 1.61. The molecule has 4 heteroatoms. The minimum atomic E-state index is 0.0231. The third kappa shape index (κ3) is 1.97. The van der Waals surface area contributed by atoms with Crippen LogP contribution in [0, 0.1) is 0 Å². The highest BCUT2D eigenvalue weighted by Gasteiger charge is 2.05. The van der Waals surface area contributed by atoms with Crippen LogP contribution >= 0.6 is 0 Å². The highest BCUT2D eigenvalue weighted by Crippen LogP contribution is 2.12. The summed E-state index contributed by atoms with van der Waals surface area (Å²) in [5.74, 6) is 1.90. The molecule has 0 saturated carbocycles. The molecule has 4 nitrogen and oxygen atoms in total. The molecule has 2 rings (SSSR count). The molecule has 0 unspecified atom stereocenters. The second-order valence-electron chi connectivity index (χ2n) is 3.81. The number of hydrogen-bond acceptors (Lipinski definition) is 3. The third-order valence-electron chi connectivity index (χ3n) is 2.58. The molecule has 0 aliphatic carbocycles. The van der Waals surface area contributed by atoms with Gasteiger partial charge in [-0.15, -0.1) is 0 Å². The van der Waals surface area contributed by atoms with E-state index in [1.54, 1.807) is 6.20 Å². The van der Waals surface area contributed by atoms with Crippen molar-refractivity contribution in [2.75, 3.05) is 0 Å². The average molecular weight is 216 g/mol. The Morgan fingerprint density at radius 2 is 2.19 bits per heavy atom. The first-order chi connectivity index (χ1) is 7.72. The Labute approximate surface area is 95.1 Å². The molecular formula is C12H16N4. The molecule has 0 aliphatic rings. The number of nitrogens with two attached hydrogens (primary N) is 1. The molecule has 84 valence electrons. The summed E-state index contributed by atoms with van der Waals surface area (Å²) in [7, 11) is 0. The lowest BCUT2D eigenvalue weighted by atomic mass is 10.1. The van der Waals surface area contributed by atoms with Crippen molar-refractivity contribution in [2.24, 2.45) is 5.73 Å². The smallest absolute Gasteiger partial charge is 0.137 e. The zero-order valence-corrected chi connectivity index (χ0v) is 9.59. The van der Waals surface area contributed by atoms with Gasteiger partial charge in [-0.3, -0.25) is 4.57 Å².